The lowest BCUT2D eigenvalue weighted by molar-refractivity contribution is -0.133. The number of hydrogen-bond acceptors (Lipinski definition) is 7. The minimum Gasteiger partial charge on any atom is -0.484 e. The first kappa shape index (κ1) is 19.1. The van der Waals surface area contributed by atoms with Crippen molar-refractivity contribution in [2.45, 2.75) is 0 Å². The van der Waals surface area contributed by atoms with Crippen molar-refractivity contribution in [3.8, 4) is 5.75 Å². The molecule has 0 saturated carbocycles. The molecule has 2 amide bonds. The van der Waals surface area contributed by atoms with E-state index in [4.69, 9.17) is 4.74 Å². The molecule has 0 aliphatic carbocycles. The number of hydrogen-bond donors (Lipinski definition) is 1. The Kier molecular flexibility index (Phi) is 5.85. The molecule has 9 heteroatoms. The zero-order valence-electron chi connectivity index (χ0n) is 15.8. The summed E-state index contributed by atoms with van der Waals surface area (Å²) in [4.78, 5) is 38.1. The van der Waals surface area contributed by atoms with Gasteiger partial charge in [-0.05, 0) is 24.3 Å². The second-order valence-corrected chi connectivity index (χ2v) is 7.53. The van der Waals surface area contributed by atoms with E-state index in [1.807, 2.05) is 30.3 Å². The Hall–Kier alpha value is -3.20. The predicted molar refractivity (Wildman–Crippen MR) is 111 cm³/mol. The molecule has 3 aromatic rings. The summed E-state index contributed by atoms with van der Waals surface area (Å²) in [7, 11) is 0. The van der Waals surface area contributed by atoms with Gasteiger partial charge in [0.05, 0.1) is 6.54 Å². The second kappa shape index (κ2) is 8.87. The highest BCUT2D eigenvalue weighted by molar-refractivity contribution is 7.21. The number of piperazine rings is 1. The van der Waals surface area contributed by atoms with Gasteiger partial charge in [0.2, 0.25) is 5.91 Å². The number of amides is 2. The smallest absolute Gasteiger partial charge is 0.258 e. The van der Waals surface area contributed by atoms with Gasteiger partial charge in [-0.15, -0.1) is 0 Å². The summed E-state index contributed by atoms with van der Waals surface area (Å²) < 4.78 is 5.38. The van der Waals surface area contributed by atoms with E-state index in [9.17, 15) is 9.59 Å². The van der Waals surface area contributed by atoms with Crippen molar-refractivity contribution in [2.75, 3.05) is 44.2 Å². The standard InChI is InChI=1S/C20H21N5O3S/c26-17(14-28-15-5-2-1-3-6-15)22-13-18(27)24-9-11-25(12-10-24)20-23-16-7-4-8-21-19(16)29-20/h1-8H,9-14H2,(H,22,26). The number of nitrogens with zero attached hydrogens (tertiary/aromatic N) is 4. The fraction of sp³-hybridized carbons (Fsp3) is 0.300. The molecular weight excluding hydrogens is 390 g/mol. The van der Waals surface area contributed by atoms with Gasteiger partial charge < -0.3 is 19.9 Å². The van der Waals surface area contributed by atoms with Crippen LogP contribution in [-0.2, 0) is 9.59 Å². The molecular formula is C20H21N5O3S. The fourth-order valence-corrected chi connectivity index (χ4v) is 4.00. The molecule has 1 N–H and O–H groups in total. The van der Waals surface area contributed by atoms with Crippen molar-refractivity contribution in [3.05, 3.63) is 48.7 Å². The Labute approximate surface area is 172 Å². The van der Waals surface area contributed by atoms with Crippen LogP contribution >= 0.6 is 11.3 Å². The Balaban J connectivity index is 1.21. The van der Waals surface area contributed by atoms with Crippen molar-refractivity contribution in [3.63, 3.8) is 0 Å². The molecule has 1 aromatic carbocycles. The number of carbonyl (C=O) groups is 2. The third kappa shape index (κ3) is 4.80. The van der Waals surface area contributed by atoms with Gasteiger partial charge in [-0.25, -0.2) is 9.97 Å². The number of anilines is 1. The SMILES string of the molecule is O=C(COc1ccccc1)NCC(=O)N1CCN(c2nc3cccnc3s2)CC1. The first-order chi connectivity index (χ1) is 14.2. The number of ether oxygens (including phenoxy) is 1. The third-order valence-corrected chi connectivity index (χ3v) is 5.65. The van der Waals surface area contributed by atoms with E-state index in [0.717, 1.165) is 15.5 Å². The molecule has 3 heterocycles. The van der Waals surface area contributed by atoms with Crippen molar-refractivity contribution >= 4 is 38.6 Å². The lowest BCUT2D eigenvalue weighted by Crippen LogP contribution is -2.51. The van der Waals surface area contributed by atoms with E-state index < -0.39 is 0 Å². The number of nitrogens with one attached hydrogen (secondary N) is 1. The monoisotopic (exact) mass is 411 g/mol. The van der Waals surface area contributed by atoms with E-state index in [1.54, 1.807) is 34.6 Å². The van der Waals surface area contributed by atoms with Crippen molar-refractivity contribution in [1.82, 2.24) is 20.2 Å². The first-order valence-electron chi connectivity index (χ1n) is 9.38. The largest absolute Gasteiger partial charge is 0.484 e. The van der Waals surface area contributed by atoms with Crippen LogP contribution in [0.2, 0.25) is 0 Å². The molecule has 2 aromatic heterocycles. The van der Waals surface area contributed by atoms with Crippen LogP contribution in [0.5, 0.6) is 5.75 Å². The number of rotatable bonds is 6. The van der Waals surface area contributed by atoms with Gasteiger partial charge in [0, 0.05) is 32.4 Å². The van der Waals surface area contributed by atoms with Crippen LogP contribution < -0.4 is 15.0 Å². The van der Waals surface area contributed by atoms with E-state index >= 15 is 0 Å². The lowest BCUT2D eigenvalue weighted by Gasteiger charge is -2.34. The number of pyridine rings is 1. The number of para-hydroxylation sites is 1. The number of benzene rings is 1. The maximum atomic E-state index is 12.4. The molecule has 8 nitrogen and oxygen atoms in total. The van der Waals surface area contributed by atoms with Gasteiger partial charge in [0.1, 0.15) is 16.1 Å². The van der Waals surface area contributed by atoms with Crippen LogP contribution in [0.25, 0.3) is 10.3 Å². The lowest BCUT2D eigenvalue weighted by atomic mass is 10.3. The second-order valence-electron chi connectivity index (χ2n) is 6.57. The van der Waals surface area contributed by atoms with Crippen molar-refractivity contribution < 1.29 is 14.3 Å². The average molecular weight is 411 g/mol. The number of carbonyl (C=O) groups excluding carboxylic acids is 2. The first-order valence-corrected chi connectivity index (χ1v) is 10.2. The van der Waals surface area contributed by atoms with E-state index in [0.29, 0.717) is 31.9 Å². The van der Waals surface area contributed by atoms with Gasteiger partial charge >= 0.3 is 0 Å². The molecule has 29 heavy (non-hydrogen) atoms. The van der Waals surface area contributed by atoms with Crippen LogP contribution in [-0.4, -0.2) is 66.0 Å². The maximum absolute atomic E-state index is 12.4. The Morgan fingerprint density at radius 3 is 2.62 bits per heavy atom. The average Bonchev–Trinajstić information content (AvgIpc) is 3.21. The minimum atomic E-state index is -0.317. The Morgan fingerprint density at radius 2 is 1.86 bits per heavy atom. The molecule has 0 bridgehead atoms. The Bertz CT molecular complexity index is 953. The topological polar surface area (TPSA) is 87.7 Å². The Morgan fingerprint density at radius 1 is 1.07 bits per heavy atom. The van der Waals surface area contributed by atoms with Crippen LogP contribution in [0.15, 0.2) is 48.7 Å². The number of aromatic nitrogens is 2. The predicted octanol–water partition coefficient (Wildman–Crippen LogP) is 1.54. The van der Waals surface area contributed by atoms with Crippen LogP contribution in [0.1, 0.15) is 0 Å². The highest BCUT2D eigenvalue weighted by Crippen LogP contribution is 2.27. The molecule has 0 unspecified atom stereocenters. The summed E-state index contributed by atoms with van der Waals surface area (Å²) in [6.45, 7) is 2.46. The molecule has 1 aliphatic heterocycles. The molecule has 4 rings (SSSR count). The molecule has 150 valence electrons. The maximum Gasteiger partial charge on any atom is 0.258 e. The van der Waals surface area contributed by atoms with Gasteiger partial charge in [-0.1, -0.05) is 29.5 Å². The third-order valence-electron chi connectivity index (χ3n) is 4.61. The highest BCUT2D eigenvalue weighted by atomic mass is 32.1. The molecule has 1 saturated heterocycles. The summed E-state index contributed by atoms with van der Waals surface area (Å²) in [5.41, 5.74) is 0.895. The number of thiazole rings is 1. The molecule has 0 radical (unpaired) electrons. The molecule has 1 aliphatic rings. The van der Waals surface area contributed by atoms with Gasteiger partial charge in [-0.2, -0.15) is 0 Å². The summed E-state index contributed by atoms with van der Waals surface area (Å²) >= 11 is 1.56. The quantitative estimate of drug-likeness (QED) is 0.662. The van der Waals surface area contributed by atoms with Crippen molar-refractivity contribution in [1.29, 1.82) is 0 Å². The fourth-order valence-electron chi connectivity index (χ4n) is 3.04. The summed E-state index contributed by atoms with van der Waals surface area (Å²) in [5.74, 6) is 0.210. The minimum absolute atomic E-state index is 0.0258. The van der Waals surface area contributed by atoms with Crippen LogP contribution in [0, 0.1) is 0 Å². The molecule has 0 spiro atoms. The highest BCUT2D eigenvalue weighted by Gasteiger charge is 2.23. The van der Waals surface area contributed by atoms with Gasteiger partial charge in [0.25, 0.3) is 5.91 Å². The van der Waals surface area contributed by atoms with Gasteiger partial charge in [0.15, 0.2) is 11.7 Å². The number of fused-ring (bicyclic) bond motifs is 1. The summed E-state index contributed by atoms with van der Waals surface area (Å²) in [5, 5.41) is 3.55. The van der Waals surface area contributed by atoms with E-state index in [1.165, 1.54) is 0 Å². The summed E-state index contributed by atoms with van der Waals surface area (Å²) in [6, 6.07) is 12.9. The normalized spacial score (nSPS) is 14.1. The zero-order valence-corrected chi connectivity index (χ0v) is 16.6. The van der Waals surface area contributed by atoms with E-state index in [-0.39, 0.29) is 25.0 Å². The van der Waals surface area contributed by atoms with Crippen LogP contribution in [0.4, 0.5) is 5.13 Å². The van der Waals surface area contributed by atoms with Crippen LogP contribution in [0.3, 0.4) is 0 Å². The van der Waals surface area contributed by atoms with Gasteiger partial charge in [-0.3, -0.25) is 9.59 Å². The molecule has 0 atom stereocenters. The zero-order chi connectivity index (χ0) is 20.1. The van der Waals surface area contributed by atoms with E-state index in [2.05, 4.69) is 20.2 Å². The summed E-state index contributed by atoms with van der Waals surface area (Å²) in [6.07, 6.45) is 1.76. The molecule has 1 fully saturated rings. The van der Waals surface area contributed by atoms with Crippen molar-refractivity contribution in [2.24, 2.45) is 0 Å².